The number of anilines is 4. The van der Waals surface area contributed by atoms with Crippen LogP contribution in [0.5, 0.6) is 0 Å². The van der Waals surface area contributed by atoms with Crippen LogP contribution in [0.15, 0.2) is 322 Å². The van der Waals surface area contributed by atoms with E-state index in [9.17, 15) is 4.79 Å². The van der Waals surface area contributed by atoms with Crippen molar-refractivity contribution in [1.29, 1.82) is 5.26 Å². The van der Waals surface area contributed by atoms with Gasteiger partial charge >= 0.3 is 5.97 Å². The minimum absolute atomic E-state index is 0. The van der Waals surface area contributed by atoms with E-state index in [2.05, 4.69) is 281 Å². The van der Waals surface area contributed by atoms with Crippen LogP contribution < -0.4 is 24.9 Å². The Balaban J connectivity index is 0.000000149. The minimum atomic E-state index is -0.925. The zero-order valence-corrected chi connectivity index (χ0v) is 61.9. The molecule has 2 fully saturated rings. The first-order chi connectivity index (χ1) is 53.2. The fourth-order valence-electron chi connectivity index (χ4n) is 12.6. The molecule has 543 valence electrons. The molecule has 3 radical (unpaired) electrons. The third kappa shape index (κ3) is 23.1. The van der Waals surface area contributed by atoms with Gasteiger partial charge in [0.2, 0.25) is 0 Å². The van der Waals surface area contributed by atoms with Crippen molar-refractivity contribution in [3.63, 3.8) is 0 Å². The lowest BCUT2D eigenvalue weighted by molar-refractivity contribution is 0.0695. The second-order valence-electron chi connectivity index (χ2n) is 25.9. The van der Waals surface area contributed by atoms with Gasteiger partial charge in [0, 0.05) is 131 Å². The Bertz CT molecular complexity index is 4970. The van der Waals surface area contributed by atoms with E-state index >= 15 is 0 Å². The van der Waals surface area contributed by atoms with Gasteiger partial charge in [-0.25, -0.2) is 14.8 Å². The minimum Gasteiger partial charge on any atom is -0.478 e. The number of benzene rings is 9. The number of fused-ring (bicyclic) bond motifs is 2. The van der Waals surface area contributed by atoms with E-state index in [1.165, 1.54) is 45.1 Å². The number of carboxylic acids is 1. The van der Waals surface area contributed by atoms with Crippen molar-refractivity contribution in [2.45, 2.75) is 46.2 Å². The van der Waals surface area contributed by atoms with Crippen molar-refractivity contribution in [2.24, 2.45) is 0 Å². The van der Waals surface area contributed by atoms with Gasteiger partial charge in [0.15, 0.2) is 0 Å². The van der Waals surface area contributed by atoms with Gasteiger partial charge in [-0.15, -0.1) is 0 Å². The molecule has 2 aliphatic heterocycles. The molecule has 14 aromatic rings. The number of rotatable bonds is 19. The molecule has 2 aliphatic rings. The highest BCUT2D eigenvalue weighted by atomic mass is 35.5. The molecule has 16 rings (SSSR count). The average molecular weight is 1460 g/mol. The molecule has 0 spiro atoms. The summed E-state index contributed by atoms with van der Waals surface area (Å²) in [5, 5.41) is 23.1. The largest absolute Gasteiger partial charge is 0.478 e. The van der Waals surface area contributed by atoms with E-state index in [4.69, 9.17) is 36.4 Å². The lowest BCUT2D eigenvalue weighted by atomic mass is 10.1. The number of carbonyl (C=O) groups is 1. The van der Waals surface area contributed by atoms with E-state index in [-0.39, 0.29) is 14.0 Å². The number of halogens is 1. The Labute approximate surface area is 646 Å². The fraction of sp³-hybridized carbons (Fsp3) is 0.163. The number of hydrogen-bond acceptors (Lipinski definition) is 14. The van der Waals surface area contributed by atoms with Gasteiger partial charge in [-0.3, -0.25) is 15.0 Å². The lowest BCUT2D eigenvalue weighted by Gasteiger charge is -2.29. The highest BCUT2D eigenvalue weighted by molar-refractivity contribution is 6.34. The van der Waals surface area contributed by atoms with E-state index in [0.717, 1.165) is 153 Å². The maximum absolute atomic E-state index is 10.4. The van der Waals surface area contributed by atoms with E-state index in [1.807, 2.05) is 66.9 Å². The summed E-state index contributed by atoms with van der Waals surface area (Å²) in [5.74, 6) is 0.0633. The Morgan fingerprint density at radius 1 is 0.450 bits per heavy atom. The molecule has 0 unspecified atom stereocenters. The fourth-order valence-corrected chi connectivity index (χ4v) is 12.9. The molecule has 7 heterocycles. The van der Waals surface area contributed by atoms with Gasteiger partial charge in [0.1, 0.15) is 11.0 Å². The summed E-state index contributed by atoms with van der Waals surface area (Å²) in [6, 6.07) is 106. The molecule has 2 saturated heterocycles. The van der Waals surface area contributed by atoms with Crippen LogP contribution in [0.4, 0.5) is 22.9 Å². The van der Waals surface area contributed by atoms with Crippen LogP contribution in [0, 0.1) is 18.3 Å². The Kier molecular flexibility index (Phi) is 29.2. The first-order valence-electron chi connectivity index (χ1n) is 36.3. The standard InChI is InChI=1S/C32H30N4O.C28H22ClN3.C21H18N2.C7H7NO2.C4H9NO.B/c1-3-8-25(9-4-1)23-36(24-26-10-5-2-6-11-26)28-15-13-27(14-16-28)30-22-31-29(12-7-17-33-31)32(34-30)35-18-20-37-21-19-35;29-28-25-12-7-17-30-27(25)18-26(31-28)23-13-15-24(16-14-23)32(19-21-8-3-1-4-9-21)20-22-10-5-2-6-11-22;22-15-18-11-13-21(14-12-18)23(16-19-7-3-1-4-8-19)17-20-9-5-2-6-10-20;1-5-6(7(9)10)3-2-4-8-5;1-3-6-4-2-5-1;/h1-17,22H,18-21,23-24H2;1-18H,19-20H2;1-14H,16-17H2;2-4H,1H3,(H,9,10);5H,1-4H2;. The number of morpholine rings is 2. The molecule has 0 aliphatic carbocycles. The molecule has 0 atom stereocenters. The number of ether oxygens (including phenoxy) is 2. The third-order valence-electron chi connectivity index (χ3n) is 18.2. The number of nitrogens with one attached hydrogen (secondary N) is 1. The number of nitriles is 1. The van der Waals surface area contributed by atoms with E-state index in [0.29, 0.717) is 16.4 Å². The maximum atomic E-state index is 10.4. The first kappa shape index (κ1) is 77.7. The van der Waals surface area contributed by atoms with Gasteiger partial charge in [-0.05, 0) is 137 Å². The lowest BCUT2D eigenvalue weighted by Crippen LogP contribution is -2.37. The Hall–Kier alpha value is -12.4. The van der Waals surface area contributed by atoms with E-state index in [1.54, 1.807) is 25.4 Å². The number of aromatic carboxylic acids is 1. The summed E-state index contributed by atoms with van der Waals surface area (Å²) in [5.41, 5.74) is 18.3. The van der Waals surface area contributed by atoms with Crippen molar-refractivity contribution >= 4 is 70.7 Å². The Morgan fingerprint density at radius 3 is 1.15 bits per heavy atom. The smallest absolute Gasteiger partial charge is 0.337 e. The number of hydrogen-bond donors (Lipinski definition) is 2. The topological polar surface area (TPSA) is 169 Å². The summed E-state index contributed by atoms with van der Waals surface area (Å²) >= 11 is 6.42. The summed E-state index contributed by atoms with van der Waals surface area (Å²) in [7, 11) is 0. The highest BCUT2D eigenvalue weighted by Crippen LogP contribution is 2.33. The molecule has 2 N–H and O–H groups in total. The van der Waals surface area contributed by atoms with Crippen LogP contribution >= 0.6 is 11.6 Å². The van der Waals surface area contributed by atoms with Crippen LogP contribution in [0.1, 0.15) is 55.0 Å². The molecular formula is C92H86BClN11O4. The first-order valence-corrected chi connectivity index (χ1v) is 36.7. The molecule has 0 bridgehead atoms. The molecule has 15 nitrogen and oxygen atoms in total. The summed E-state index contributed by atoms with van der Waals surface area (Å²) in [6.07, 6.45) is 5.20. The monoisotopic (exact) mass is 1450 g/mol. The van der Waals surface area contributed by atoms with Crippen LogP contribution in [0.3, 0.4) is 0 Å². The van der Waals surface area contributed by atoms with E-state index < -0.39 is 5.97 Å². The quantitative estimate of drug-likeness (QED) is 0.0579. The van der Waals surface area contributed by atoms with Crippen molar-refractivity contribution in [3.05, 3.63) is 377 Å². The van der Waals surface area contributed by atoms with Crippen LogP contribution in [0.2, 0.25) is 5.15 Å². The third-order valence-corrected chi connectivity index (χ3v) is 18.5. The summed E-state index contributed by atoms with van der Waals surface area (Å²) in [4.78, 5) is 42.5. The number of carboxylic acid groups (broad SMARTS) is 1. The average Bonchev–Trinajstić information content (AvgIpc) is 0.784. The van der Waals surface area contributed by atoms with Gasteiger partial charge in [0.25, 0.3) is 0 Å². The number of aryl methyl sites for hydroxylation is 1. The predicted molar refractivity (Wildman–Crippen MR) is 443 cm³/mol. The predicted octanol–water partition coefficient (Wildman–Crippen LogP) is 18.6. The molecule has 17 heteroatoms. The van der Waals surface area contributed by atoms with Crippen LogP contribution in [-0.2, 0) is 48.7 Å². The second-order valence-corrected chi connectivity index (χ2v) is 26.3. The molecule has 0 saturated carbocycles. The molecule has 9 aromatic carbocycles. The SMILES string of the molecule is C1COCCN1.Cc1ncccc1C(=O)O.Clc1nc(-c2ccc(N(Cc3ccccc3)Cc3ccccc3)cc2)cc2ncccc12.N#Cc1ccc(N(Cc2ccccc2)Cc2ccccc2)cc1.[B].c1ccc(CN(Cc2ccccc2)c2ccc(-c3cc4ncccc4c(N4CCOCC4)n3)cc2)cc1. The van der Waals surface area contributed by atoms with Crippen molar-refractivity contribution < 1.29 is 19.4 Å². The zero-order chi connectivity index (χ0) is 74.3. The zero-order valence-electron chi connectivity index (χ0n) is 61.1. The van der Waals surface area contributed by atoms with Gasteiger partial charge in [-0.1, -0.05) is 218 Å². The number of pyridine rings is 5. The highest BCUT2D eigenvalue weighted by Gasteiger charge is 2.20. The molecular weight excluding hydrogens is 1370 g/mol. The van der Waals surface area contributed by atoms with Crippen molar-refractivity contribution in [2.75, 3.05) is 72.2 Å². The van der Waals surface area contributed by atoms with Gasteiger partial charge in [-0.2, -0.15) is 5.26 Å². The Morgan fingerprint density at radius 2 is 0.798 bits per heavy atom. The van der Waals surface area contributed by atoms with Gasteiger partial charge < -0.3 is 39.5 Å². The summed E-state index contributed by atoms with van der Waals surface area (Å²) < 4.78 is 10.6. The number of aromatic nitrogens is 5. The summed E-state index contributed by atoms with van der Waals surface area (Å²) in [6.45, 7) is 13.6. The van der Waals surface area contributed by atoms with Crippen molar-refractivity contribution in [1.82, 2.24) is 30.2 Å². The molecule has 0 amide bonds. The maximum Gasteiger partial charge on any atom is 0.337 e. The number of nitrogens with zero attached hydrogens (tertiary/aromatic N) is 10. The molecule has 5 aromatic heterocycles. The van der Waals surface area contributed by atoms with Crippen molar-refractivity contribution in [3.8, 4) is 28.6 Å². The molecule has 109 heavy (non-hydrogen) atoms. The normalized spacial score (nSPS) is 12.1. The van der Waals surface area contributed by atoms with Crippen LogP contribution in [-0.4, -0.2) is 97.0 Å². The second kappa shape index (κ2) is 40.9. The van der Waals surface area contributed by atoms with Gasteiger partial charge in [0.05, 0.1) is 71.7 Å². The van der Waals surface area contributed by atoms with Crippen LogP contribution in [0.25, 0.3) is 44.3 Å².